The maximum Gasteiger partial charge on any atom is 0.255 e. The van der Waals surface area contributed by atoms with Crippen LogP contribution in [-0.4, -0.2) is 30.5 Å². The van der Waals surface area contributed by atoms with E-state index in [1.54, 1.807) is 6.07 Å². The van der Waals surface area contributed by atoms with Crippen LogP contribution in [0.5, 0.6) is 11.5 Å². The summed E-state index contributed by atoms with van der Waals surface area (Å²) in [6.45, 7) is 1.02. The van der Waals surface area contributed by atoms with Crippen LogP contribution in [0, 0.1) is 5.92 Å². The standard InChI is InChI=1S/C16H20BrNO3/c17-10-11-4-1-2-6-13(11)18-16(19)12-5-3-7-14-15(12)21-9-8-20-14/h3,5,7,11,13H,1-2,4,6,8-10H2,(H,18,19). The molecule has 0 bridgehead atoms. The van der Waals surface area contributed by atoms with E-state index in [1.807, 2.05) is 12.1 Å². The average Bonchev–Trinajstić information content (AvgIpc) is 2.54. The number of halogens is 1. The number of hydrogen-bond donors (Lipinski definition) is 1. The predicted octanol–water partition coefficient (Wildman–Crippen LogP) is 3.14. The summed E-state index contributed by atoms with van der Waals surface area (Å²) in [7, 11) is 0. The number of para-hydroxylation sites is 1. The molecule has 5 heteroatoms. The maximum absolute atomic E-state index is 12.6. The van der Waals surface area contributed by atoms with Gasteiger partial charge in [-0.25, -0.2) is 0 Å². The van der Waals surface area contributed by atoms with Gasteiger partial charge in [-0.15, -0.1) is 0 Å². The molecule has 1 heterocycles. The van der Waals surface area contributed by atoms with Gasteiger partial charge in [-0.3, -0.25) is 4.79 Å². The van der Waals surface area contributed by atoms with Crippen molar-refractivity contribution in [3.8, 4) is 11.5 Å². The van der Waals surface area contributed by atoms with Gasteiger partial charge in [0.1, 0.15) is 13.2 Å². The second kappa shape index (κ2) is 6.69. The Morgan fingerprint density at radius 1 is 1.24 bits per heavy atom. The van der Waals surface area contributed by atoms with Gasteiger partial charge in [0, 0.05) is 11.4 Å². The zero-order valence-electron chi connectivity index (χ0n) is 11.9. The van der Waals surface area contributed by atoms with Crippen LogP contribution in [0.15, 0.2) is 18.2 Å². The van der Waals surface area contributed by atoms with E-state index in [0.717, 1.165) is 11.8 Å². The number of fused-ring (bicyclic) bond motifs is 1. The van der Waals surface area contributed by atoms with E-state index in [9.17, 15) is 4.79 Å². The van der Waals surface area contributed by atoms with Gasteiger partial charge in [0.25, 0.3) is 5.91 Å². The first-order chi connectivity index (χ1) is 10.3. The molecule has 0 spiro atoms. The fourth-order valence-corrected chi connectivity index (χ4v) is 3.86. The number of carbonyl (C=O) groups excluding carboxylic acids is 1. The first-order valence-electron chi connectivity index (χ1n) is 7.55. The van der Waals surface area contributed by atoms with Crippen LogP contribution in [0.1, 0.15) is 36.0 Å². The zero-order valence-corrected chi connectivity index (χ0v) is 13.5. The van der Waals surface area contributed by atoms with Gasteiger partial charge in [0.05, 0.1) is 5.56 Å². The molecule has 1 aromatic rings. The number of amides is 1. The minimum Gasteiger partial charge on any atom is -0.486 e. The van der Waals surface area contributed by atoms with Crippen LogP contribution in [0.3, 0.4) is 0 Å². The second-order valence-electron chi connectivity index (χ2n) is 5.61. The highest BCUT2D eigenvalue weighted by molar-refractivity contribution is 9.09. The van der Waals surface area contributed by atoms with Crippen molar-refractivity contribution in [1.82, 2.24) is 5.32 Å². The van der Waals surface area contributed by atoms with Crippen molar-refractivity contribution in [3.63, 3.8) is 0 Å². The minimum atomic E-state index is -0.0600. The molecule has 0 saturated heterocycles. The topological polar surface area (TPSA) is 47.6 Å². The molecule has 21 heavy (non-hydrogen) atoms. The molecule has 2 aliphatic rings. The number of alkyl halides is 1. The summed E-state index contributed by atoms with van der Waals surface area (Å²) in [6.07, 6.45) is 4.65. The fraction of sp³-hybridized carbons (Fsp3) is 0.562. The summed E-state index contributed by atoms with van der Waals surface area (Å²) in [5, 5.41) is 4.12. The van der Waals surface area contributed by atoms with Crippen LogP contribution in [0.2, 0.25) is 0 Å². The number of rotatable bonds is 3. The van der Waals surface area contributed by atoms with E-state index >= 15 is 0 Å². The molecule has 1 aliphatic carbocycles. The molecule has 114 valence electrons. The van der Waals surface area contributed by atoms with Crippen molar-refractivity contribution in [2.75, 3.05) is 18.5 Å². The SMILES string of the molecule is O=C(NC1CCCCC1CBr)c1cccc2c1OCCO2. The van der Waals surface area contributed by atoms with Gasteiger partial charge in [0.2, 0.25) is 0 Å². The molecule has 1 saturated carbocycles. The van der Waals surface area contributed by atoms with Gasteiger partial charge < -0.3 is 14.8 Å². The summed E-state index contributed by atoms with van der Waals surface area (Å²) in [6, 6.07) is 5.72. The van der Waals surface area contributed by atoms with Crippen molar-refractivity contribution in [1.29, 1.82) is 0 Å². The highest BCUT2D eigenvalue weighted by atomic mass is 79.9. The number of ether oxygens (including phenoxy) is 2. The Labute approximate surface area is 133 Å². The minimum absolute atomic E-state index is 0.0600. The number of carbonyl (C=O) groups is 1. The lowest BCUT2D eigenvalue weighted by atomic mass is 9.85. The third kappa shape index (κ3) is 3.18. The zero-order chi connectivity index (χ0) is 14.7. The molecule has 1 aliphatic heterocycles. The Bertz CT molecular complexity index is 520. The van der Waals surface area contributed by atoms with Crippen LogP contribution >= 0.6 is 15.9 Å². The highest BCUT2D eigenvalue weighted by Gasteiger charge is 2.28. The number of benzene rings is 1. The molecule has 2 atom stereocenters. The van der Waals surface area contributed by atoms with Crippen molar-refractivity contribution < 1.29 is 14.3 Å². The summed E-state index contributed by atoms with van der Waals surface area (Å²) < 4.78 is 11.2. The van der Waals surface area contributed by atoms with Crippen molar-refractivity contribution in [2.45, 2.75) is 31.7 Å². The van der Waals surface area contributed by atoms with E-state index in [0.29, 0.717) is 36.2 Å². The highest BCUT2D eigenvalue weighted by Crippen LogP contribution is 2.34. The molecule has 1 N–H and O–H groups in total. The molecule has 1 aromatic carbocycles. The van der Waals surface area contributed by atoms with Crippen LogP contribution in [0.25, 0.3) is 0 Å². The third-order valence-corrected chi connectivity index (χ3v) is 5.07. The van der Waals surface area contributed by atoms with Gasteiger partial charge >= 0.3 is 0 Å². The second-order valence-corrected chi connectivity index (χ2v) is 6.26. The molecule has 1 amide bonds. The number of nitrogens with one attached hydrogen (secondary N) is 1. The van der Waals surface area contributed by atoms with Gasteiger partial charge in [-0.05, 0) is 30.9 Å². The molecule has 4 nitrogen and oxygen atoms in total. The summed E-state index contributed by atoms with van der Waals surface area (Å²) in [5.41, 5.74) is 0.575. The van der Waals surface area contributed by atoms with Gasteiger partial charge in [0.15, 0.2) is 11.5 Å². The van der Waals surface area contributed by atoms with E-state index < -0.39 is 0 Å². The molecule has 0 aromatic heterocycles. The summed E-state index contributed by atoms with van der Waals surface area (Å²) in [5.74, 6) is 1.69. The third-order valence-electron chi connectivity index (χ3n) is 4.23. The molecule has 2 unspecified atom stereocenters. The molecule has 1 fully saturated rings. The van der Waals surface area contributed by atoms with Gasteiger partial charge in [-0.1, -0.05) is 34.8 Å². The lowest BCUT2D eigenvalue weighted by Gasteiger charge is -2.31. The Kier molecular flexibility index (Phi) is 4.68. The Balaban J connectivity index is 1.76. The van der Waals surface area contributed by atoms with Crippen LogP contribution in [-0.2, 0) is 0 Å². The Morgan fingerprint density at radius 3 is 2.90 bits per heavy atom. The van der Waals surface area contributed by atoms with Crippen molar-refractivity contribution in [2.24, 2.45) is 5.92 Å². The molecule has 3 rings (SSSR count). The first kappa shape index (κ1) is 14.7. The first-order valence-corrected chi connectivity index (χ1v) is 8.67. The van der Waals surface area contributed by atoms with Crippen LogP contribution in [0.4, 0.5) is 0 Å². The molecule has 0 radical (unpaired) electrons. The Hall–Kier alpha value is -1.23. The predicted molar refractivity (Wildman–Crippen MR) is 84.4 cm³/mol. The maximum atomic E-state index is 12.6. The normalized spacial score (nSPS) is 24.4. The van der Waals surface area contributed by atoms with Crippen molar-refractivity contribution >= 4 is 21.8 Å². The van der Waals surface area contributed by atoms with E-state index in [-0.39, 0.29) is 11.9 Å². The lowest BCUT2D eigenvalue weighted by molar-refractivity contribution is 0.0901. The van der Waals surface area contributed by atoms with Crippen molar-refractivity contribution in [3.05, 3.63) is 23.8 Å². The molecular formula is C16H20BrNO3. The quantitative estimate of drug-likeness (QED) is 0.849. The fourth-order valence-electron chi connectivity index (χ4n) is 3.08. The monoisotopic (exact) mass is 353 g/mol. The van der Waals surface area contributed by atoms with Gasteiger partial charge in [-0.2, -0.15) is 0 Å². The summed E-state index contributed by atoms with van der Waals surface area (Å²) in [4.78, 5) is 12.6. The molecular weight excluding hydrogens is 334 g/mol. The average molecular weight is 354 g/mol. The van der Waals surface area contributed by atoms with E-state index in [2.05, 4.69) is 21.2 Å². The van der Waals surface area contributed by atoms with Crippen LogP contribution < -0.4 is 14.8 Å². The smallest absolute Gasteiger partial charge is 0.255 e. The largest absolute Gasteiger partial charge is 0.486 e. The van der Waals surface area contributed by atoms with E-state index in [4.69, 9.17) is 9.47 Å². The van der Waals surface area contributed by atoms with E-state index in [1.165, 1.54) is 19.3 Å². The summed E-state index contributed by atoms with van der Waals surface area (Å²) >= 11 is 3.56. The lowest BCUT2D eigenvalue weighted by Crippen LogP contribution is -2.43. The number of hydrogen-bond acceptors (Lipinski definition) is 3. The Morgan fingerprint density at radius 2 is 2.05 bits per heavy atom.